The molecule has 0 unspecified atom stereocenters. The number of carbonyl (C=O) groups excluding carboxylic acids is 2. The molecule has 0 aromatic carbocycles. The van der Waals surface area contributed by atoms with Gasteiger partial charge in [0.25, 0.3) is 0 Å². The van der Waals surface area contributed by atoms with Gasteiger partial charge in [-0.15, -0.1) is 0 Å². The van der Waals surface area contributed by atoms with Crippen molar-refractivity contribution >= 4 is 43.8 Å². The van der Waals surface area contributed by atoms with Crippen LogP contribution in [0.4, 0.5) is 0 Å². The Balaban J connectivity index is 2.56. The van der Waals surface area contributed by atoms with Crippen molar-refractivity contribution in [1.29, 1.82) is 0 Å². The van der Waals surface area contributed by atoms with E-state index in [9.17, 15) is 9.59 Å². The van der Waals surface area contributed by atoms with E-state index in [1.54, 1.807) is 0 Å². The number of esters is 2. The lowest BCUT2D eigenvalue weighted by molar-refractivity contribution is 0.0591. The summed E-state index contributed by atoms with van der Waals surface area (Å²) in [6, 6.07) is 6.14. The molecule has 0 radical (unpaired) electrons. The second-order valence-electron chi connectivity index (χ2n) is 4.11. The molecule has 2 aromatic rings. The van der Waals surface area contributed by atoms with Crippen molar-refractivity contribution in [3.8, 4) is 11.4 Å². The highest BCUT2D eigenvalue weighted by Gasteiger charge is 2.14. The van der Waals surface area contributed by atoms with Gasteiger partial charge in [0.2, 0.25) is 0 Å². The van der Waals surface area contributed by atoms with Crippen LogP contribution in [0.15, 0.2) is 33.5 Å². The molecule has 0 aliphatic carbocycles. The molecule has 0 saturated heterocycles. The summed E-state index contributed by atoms with van der Waals surface area (Å²) >= 11 is 6.47. The Kier molecular flexibility index (Phi) is 5.25. The normalized spacial score (nSPS) is 10.2. The quantitative estimate of drug-likeness (QED) is 0.550. The van der Waals surface area contributed by atoms with Crippen molar-refractivity contribution in [2.45, 2.75) is 0 Å². The van der Waals surface area contributed by atoms with Crippen LogP contribution < -0.4 is 0 Å². The van der Waals surface area contributed by atoms with E-state index in [1.165, 1.54) is 38.5 Å². The van der Waals surface area contributed by atoms with E-state index < -0.39 is 11.9 Å². The summed E-state index contributed by atoms with van der Waals surface area (Å²) in [6.07, 6.45) is 0. The number of aromatic nitrogens is 2. The fraction of sp³-hybridized carbons (Fsp3) is 0.143. The fourth-order valence-corrected chi connectivity index (χ4v) is 2.60. The van der Waals surface area contributed by atoms with Crippen LogP contribution in [0.2, 0.25) is 0 Å². The monoisotopic (exact) mass is 428 g/mol. The van der Waals surface area contributed by atoms with Gasteiger partial charge in [0.15, 0.2) is 0 Å². The summed E-state index contributed by atoms with van der Waals surface area (Å²) in [6.45, 7) is 0. The van der Waals surface area contributed by atoms with Crippen LogP contribution in [0.3, 0.4) is 0 Å². The fourth-order valence-electron chi connectivity index (χ4n) is 1.73. The molecule has 0 aliphatic rings. The number of hydrogen-bond acceptors (Lipinski definition) is 6. The third-order valence-electron chi connectivity index (χ3n) is 2.69. The number of pyridine rings is 2. The zero-order valence-electron chi connectivity index (χ0n) is 11.6. The first-order valence-electron chi connectivity index (χ1n) is 5.96. The Hall–Kier alpha value is -1.80. The highest BCUT2D eigenvalue weighted by molar-refractivity contribution is 9.10. The Morgan fingerprint density at radius 1 is 0.818 bits per heavy atom. The SMILES string of the molecule is COC(=O)c1cc(Br)nc(-c2cc(C(=O)OC)cc(Br)n2)c1. The minimum absolute atomic E-state index is 0.320. The molecular formula is C14H10Br2N2O4. The van der Waals surface area contributed by atoms with Gasteiger partial charge in [0.1, 0.15) is 9.21 Å². The molecule has 114 valence electrons. The van der Waals surface area contributed by atoms with Gasteiger partial charge in [-0.05, 0) is 56.1 Å². The van der Waals surface area contributed by atoms with Gasteiger partial charge >= 0.3 is 11.9 Å². The maximum atomic E-state index is 11.7. The highest BCUT2D eigenvalue weighted by atomic mass is 79.9. The van der Waals surface area contributed by atoms with Gasteiger partial charge in [-0.25, -0.2) is 19.6 Å². The van der Waals surface area contributed by atoms with E-state index in [0.717, 1.165) is 0 Å². The number of rotatable bonds is 3. The van der Waals surface area contributed by atoms with E-state index in [-0.39, 0.29) is 0 Å². The van der Waals surface area contributed by atoms with E-state index in [1.807, 2.05) is 0 Å². The minimum atomic E-state index is -0.493. The van der Waals surface area contributed by atoms with Gasteiger partial charge < -0.3 is 9.47 Å². The van der Waals surface area contributed by atoms with Crippen LogP contribution in [0.5, 0.6) is 0 Å². The summed E-state index contributed by atoms with van der Waals surface area (Å²) in [4.78, 5) is 31.8. The number of methoxy groups -OCH3 is 2. The van der Waals surface area contributed by atoms with Crippen LogP contribution in [0.25, 0.3) is 11.4 Å². The lowest BCUT2D eigenvalue weighted by Crippen LogP contribution is -2.05. The average molecular weight is 430 g/mol. The third-order valence-corrected chi connectivity index (χ3v) is 3.51. The number of ether oxygens (including phenoxy) is 2. The number of hydrogen-bond donors (Lipinski definition) is 0. The van der Waals surface area contributed by atoms with Gasteiger partial charge in [-0.1, -0.05) is 0 Å². The van der Waals surface area contributed by atoms with Crippen molar-refractivity contribution < 1.29 is 19.1 Å². The van der Waals surface area contributed by atoms with Crippen LogP contribution in [-0.2, 0) is 9.47 Å². The van der Waals surface area contributed by atoms with Crippen molar-refractivity contribution in [3.05, 3.63) is 44.6 Å². The van der Waals surface area contributed by atoms with Crippen LogP contribution in [-0.4, -0.2) is 36.1 Å². The molecule has 22 heavy (non-hydrogen) atoms. The Morgan fingerprint density at radius 2 is 1.18 bits per heavy atom. The van der Waals surface area contributed by atoms with Crippen LogP contribution in [0, 0.1) is 0 Å². The summed E-state index contributed by atoms with van der Waals surface area (Å²) in [7, 11) is 2.59. The van der Waals surface area contributed by atoms with Gasteiger partial charge in [-0.2, -0.15) is 0 Å². The molecule has 2 rings (SSSR count). The predicted molar refractivity (Wildman–Crippen MR) is 85.5 cm³/mol. The smallest absolute Gasteiger partial charge is 0.338 e. The topological polar surface area (TPSA) is 78.4 Å². The molecule has 6 nitrogen and oxygen atoms in total. The lowest BCUT2D eigenvalue weighted by Gasteiger charge is -2.07. The van der Waals surface area contributed by atoms with Gasteiger partial charge in [0.05, 0.1) is 36.7 Å². The molecule has 0 saturated carbocycles. The zero-order chi connectivity index (χ0) is 16.3. The van der Waals surface area contributed by atoms with E-state index in [4.69, 9.17) is 9.47 Å². The molecule has 2 heterocycles. The van der Waals surface area contributed by atoms with Crippen molar-refractivity contribution in [1.82, 2.24) is 9.97 Å². The van der Waals surface area contributed by atoms with E-state index in [2.05, 4.69) is 41.8 Å². The first kappa shape index (κ1) is 16.6. The van der Waals surface area contributed by atoms with E-state index in [0.29, 0.717) is 31.7 Å². The Morgan fingerprint density at radius 3 is 1.50 bits per heavy atom. The molecule has 0 bridgehead atoms. The first-order valence-corrected chi connectivity index (χ1v) is 7.55. The second kappa shape index (κ2) is 6.97. The molecule has 0 fully saturated rings. The van der Waals surface area contributed by atoms with Gasteiger partial charge in [-0.3, -0.25) is 0 Å². The maximum Gasteiger partial charge on any atom is 0.338 e. The zero-order valence-corrected chi connectivity index (χ0v) is 14.8. The predicted octanol–water partition coefficient (Wildman–Crippen LogP) is 3.24. The first-order chi connectivity index (χ1) is 10.4. The standard InChI is InChI=1S/C14H10Br2N2O4/c1-21-13(19)7-3-9(17-11(15)5-7)10-4-8(14(20)22-2)6-12(16)18-10/h3-6H,1-2H3. The summed E-state index contributed by atoms with van der Waals surface area (Å²) in [5.41, 5.74) is 1.48. The number of halogens is 2. The largest absolute Gasteiger partial charge is 0.465 e. The number of carbonyl (C=O) groups is 2. The molecule has 0 aliphatic heterocycles. The molecule has 0 spiro atoms. The third kappa shape index (κ3) is 3.69. The molecule has 2 aromatic heterocycles. The summed E-state index contributed by atoms with van der Waals surface area (Å²) in [5, 5.41) is 0. The molecular weight excluding hydrogens is 420 g/mol. The second-order valence-corrected chi connectivity index (χ2v) is 5.74. The Labute approximate surface area is 143 Å². The Bertz CT molecular complexity index is 686. The number of nitrogens with zero attached hydrogens (tertiary/aromatic N) is 2. The molecule has 0 atom stereocenters. The van der Waals surface area contributed by atoms with E-state index >= 15 is 0 Å². The van der Waals surface area contributed by atoms with Crippen molar-refractivity contribution in [3.63, 3.8) is 0 Å². The molecule has 8 heteroatoms. The van der Waals surface area contributed by atoms with Gasteiger partial charge in [0, 0.05) is 0 Å². The molecule has 0 amide bonds. The minimum Gasteiger partial charge on any atom is -0.465 e. The van der Waals surface area contributed by atoms with Crippen molar-refractivity contribution in [2.75, 3.05) is 14.2 Å². The van der Waals surface area contributed by atoms with Crippen molar-refractivity contribution in [2.24, 2.45) is 0 Å². The van der Waals surface area contributed by atoms with Crippen LogP contribution in [0.1, 0.15) is 20.7 Å². The summed E-state index contributed by atoms with van der Waals surface area (Å²) < 4.78 is 10.3. The summed E-state index contributed by atoms with van der Waals surface area (Å²) in [5.74, 6) is -0.986. The molecule has 0 N–H and O–H groups in total. The maximum absolute atomic E-state index is 11.7. The lowest BCUT2D eigenvalue weighted by atomic mass is 10.1. The highest BCUT2D eigenvalue weighted by Crippen LogP contribution is 2.24. The van der Waals surface area contributed by atoms with Crippen LogP contribution >= 0.6 is 31.9 Å². The average Bonchev–Trinajstić information content (AvgIpc) is 2.52.